The molecule has 44 valence electrons. The van der Waals surface area contributed by atoms with Crippen LogP contribution in [0.5, 0.6) is 0 Å². The second-order valence-electron chi connectivity index (χ2n) is 1.62. The molecular weight excluding hydrogens is 115 g/mol. The summed E-state index contributed by atoms with van der Waals surface area (Å²) in [4.78, 5) is 0. The summed E-state index contributed by atoms with van der Waals surface area (Å²) in [6.45, 7) is 4.04. The van der Waals surface area contributed by atoms with Gasteiger partial charge >= 0.3 is 29.6 Å². The van der Waals surface area contributed by atoms with E-state index in [1.54, 1.807) is 0 Å². The monoisotopic (exact) mass is 126 g/mol. The van der Waals surface area contributed by atoms with Gasteiger partial charge in [-0.2, -0.15) is 0 Å². The maximum absolute atomic E-state index is 9.71. The SMILES string of the molecule is CC(C)OCC[O-].[Na+]. The molecule has 0 heterocycles. The fraction of sp³-hybridized carbons (Fsp3) is 1.00. The summed E-state index contributed by atoms with van der Waals surface area (Å²) < 4.78 is 4.88. The van der Waals surface area contributed by atoms with E-state index in [0.717, 1.165) is 0 Å². The molecule has 0 aromatic rings. The van der Waals surface area contributed by atoms with Crippen LogP contribution in [0.2, 0.25) is 0 Å². The molecule has 0 saturated heterocycles. The van der Waals surface area contributed by atoms with Crippen molar-refractivity contribution in [2.45, 2.75) is 20.0 Å². The van der Waals surface area contributed by atoms with E-state index in [1.165, 1.54) is 0 Å². The zero-order valence-corrected chi connectivity index (χ0v) is 7.81. The molecule has 0 rings (SSSR count). The van der Waals surface area contributed by atoms with E-state index in [2.05, 4.69) is 0 Å². The molecule has 0 spiro atoms. The molecule has 0 aliphatic heterocycles. The summed E-state index contributed by atoms with van der Waals surface area (Å²) in [5.41, 5.74) is 0. The first kappa shape index (κ1) is 11.7. The number of ether oxygens (including phenoxy) is 1. The second kappa shape index (κ2) is 7.92. The minimum Gasteiger partial charge on any atom is -0.853 e. The Morgan fingerprint density at radius 1 is 1.50 bits per heavy atom. The fourth-order valence-electron chi connectivity index (χ4n) is 0.284. The Balaban J connectivity index is 0. The van der Waals surface area contributed by atoms with Crippen LogP contribution < -0.4 is 34.7 Å². The van der Waals surface area contributed by atoms with Crippen molar-refractivity contribution in [1.29, 1.82) is 0 Å². The Labute approximate surface area is 72.5 Å². The molecule has 0 unspecified atom stereocenters. The number of rotatable bonds is 3. The molecule has 0 bridgehead atoms. The molecule has 0 radical (unpaired) electrons. The quantitative estimate of drug-likeness (QED) is 0.372. The van der Waals surface area contributed by atoms with E-state index in [0.29, 0.717) is 6.61 Å². The average Bonchev–Trinajstić information content (AvgIpc) is 1.61. The van der Waals surface area contributed by atoms with E-state index in [-0.39, 0.29) is 42.3 Å². The van der Waals surface area contributed by atoms with Crippen LogP contribution in [0.1, 0.15) is 13.8 Å². The van der Waals surface area contributed by atoms with Gasteiger partial charge in [-0.15, -0.1) is 6.61 Å². The summed E-state index contributed by atoms with van der Waals surface area (Å²) in [6, 6.07) is 0. The molecule has 0 aliphatic carbocycles. The zero-order valence-electron chi connectivity index (χ0n) is 5.81. The standard InChI is InChI=1S/C5H11O2.Na/c1-5(2)7-4-3-6;/h5H,3-4H2,1-2H3;/q-1;+1. The third-order valence-corrected chi connectivity index (χ3v) is 0.535. The summed E-state index contributed by atoms with van der Waals surface area (Å²) in [5, 5.41) is 9.71. The van der Waals surface area contributed by atoms with Crippen molar-refractivity contribution in [3.63, 3.8) is 0 Å². The van der Waals surface area contributed by atoms with Crippen LogP contribution in [0.25, 0.3) is 0 Å². The van der Waals surface area contributed by atoms with Crippen LogP contribution in [0.15, 0.2) is 0 Å². The third-order valence-electron chi connectivity index (χ3n) is 0.535. The van der Waals surface area contributed by atoms with Gasteiger partial charge in [-0.3, -0.25) is 0 Å². The number of hydrogen-bond acceptors (Lipinski definition) is 2. The minimum atomic E-state index is -0.127. The first-order chi connectivity index (χ1) is 3.27. The smallest absolute Gasteiger partial charge is 0.853 e. The Kier molecular flexibility index (Phi) is 11.6. The maximum atomic E-state index is 9.71. The molecule has 0 amide bonds. The molecule has 0 saturated carbocycles. The van der Waals surface area contributed by atoms with E-state index in [4.69, 9.17) is 4.74 Å². The molecule has 0 aliphatic rings. The van der Waals surface area contributed by atoms with Gasteiger partial charge in [0.25, 0.3) is 0 Å². The second-order valence-corrected chi connectivity index (χ2v) is 1.62. The van der Waals surface area contributed by atoms with Gasteiger partial charge in [0.15, 0.2) is 0 Å². The van der Waals surface area contributed by atoms with Crippen LogP contribution in [0.3, 0.4) is 0 Å². The zero-order chi connectivity index (χ0) is 5.70. The van der Waals surface area contributed by atoms with Gasteiger partial charge in [0.2, 0.25) is 0 Å². The van der Waals surface area contributed by atoms with Crippen molar-refractivity contribution in [2.75, 3.05) is 13.2 Å². The van der Waals surface area contributed by atoms with Gasteiger partial charge in [0.05, 0.1) is 6.10 Å². The Morgan fingerprint density at radius 3 is 2.12 bits per heavy atom. The Bertz CT molecular complexity index is 39.4. The molecular formula is C5H11NaO2. The molecule has 0 aromatic heterocycles. The van der Waals surface area contributed by atoms with Crippen LogP contribution in [0.4, 0.5) is 0 Å². The van der Waals surface area contributed by atoms with Crippen molar-refractivity contribution in [3.8, 4) is 0 Å². The van der Waals surface area contributed by atoms with Gasteiger partial charge in [-0.1, -0.05) is 0 Å². The normalized spacial score (nSPS) is 9.00. The van der Waals surface area contributed by atoms with E-state index >= 15 is 0 Å². The minimum absolute atomic E-state index is 0. The van der Waals surface area contributed by atoms with Gasteiger partial charge in [-0.25, -0.2) is 0 Å². The van der Waals surface area contributed by atoms with E-state index < -0.39 is 0 Å². The predicted molar refractivity (Wildman–Crippen MR) is 26.0 cm³/mol. The summed E-state index contributed by atoms with van der Waals surface area (Å²) in [5.74, 6) is 0. The van der Waals surface area contributed by atoms with Crippen LogP contribution in [-0.4, -0.2) is 19.3 Å². The number of hydrogen-bond donors (Lipinski definition) is 0. The molecule has 0 atom stereocenters. The van der Waals surface area contributed by atoms with Gasteiger partial charge in [0.1, 0.15) is 0 Å². The fourth-order valence-corrected chi connectivity index (χ4v) is 0.284. The molecule has 8 heavy (non-hydrogen) atoms. The van der Waals surface area contributed by atoms with Crippen LogP contribution in [0, 0.1) is 0 Å². The average molecular weight is 126 g/mol. The van der Waals surface area contributed by atoms with E-state index in [9.17, 15) is 5.11 Å². The summed E-state index contributed by atoms with van der Waals surface area (Å²) >= 11 is 0. The van der Waals surface area contributed by atoms with Crippen molar-refractivity contribution < 1.29 is 39.4 Å². The first-order valence-electron chi connectivity index (χ1n) is 2.47. The molecule has 2 nitrogen and oxygen atoms in total. The molecule has 0 fully saturated rings. The van der Waals surface area contributed by atoms with Gasteiger partial charge in [-0.05, 0) is 13.8 Å². The maximum Gasteiger partial charge on any atom is 1.00 e. The van der Waals surface area contributed by atoms with E-state index in [1.807, 2.05) is 13.8 Å². The summed E-state index contributed by atoms with van der Waals surface area (Å²) in [7, 11) is 0. The predicted octanol–water partition coefficient (Wildman–Crippen LogP) is -3.22. The van der Waals surface area contributed by atoms with Crippen molar-refractivity contribution in [3.05, 3.63) is 0 Å². The van der Waals surface area contributed by atoms with Crippen molar-refractivity contribution in [1.82, 2.24) is 0 Å². The van der Waals surface area contributed by atoms with Gasteiger partial charge in [0, 0.05) is 6.61 Å². The van der Waals surface area contributed by atoms with Crippen LogP contribution in [-0.2, 0) is 4.74 Å². The summed E-state index contributed by atoms with van der Waals surface area (Å²) in [6.07, 6.45) is 0.203. The topological polar surface area (TPSA) is 32.3 Å². The third kappa shape index (κ3) is 10.0. The first-order valence-corrected chi connectivity index (χ1v) is 2.47. The Morgan fingerprint density at radius 2 is 2.00 bits per heavy atom. The Hall–Kier alpha value is 0.920. The molecule has 0 aromatic carbocycles. The molecule has 3 heteroatoms. The largest absolute Gasteiger partial charge is 1.00 e. The van der Waals surface area contributed by atoms with Crippen molar-refractivity contribution >= 4 is 0 Å². The van der Waals surface area contributed by atoms with Gasteiger partial charge < -0.3 is 9.84 Å². The van der Waals surface area contributed by atoms with Crippen LogP contribution >= 0.6 is 0 Å². The van der Waals surface area contributed by atoms with Crippen molar-refractivity contribution in [2.24, 2.45) is 0 Å². The molecule has 0 N–H and O–H groups in total.